The first-order chi connectivity index (χ1) is 8.11. The highest BCUT2D eigenvalue weighted by atomic mass is 35.5. The van der Waals surface area contributed by atoms with Crippen molar-refractivity contribution in [3.63, 3.8) is 0 Å². The number of phenolic OH excluding ortho intramolecular Hbond substituents is 1. The molecule has 0 aliphatic rings. The first-order valence-corrected chi connectivity index (χ1v) is 5.25. The van der Waals surface area contributed by atoms with Gasteiger partial charge in [-0.1, -0.05) is 18.2 Å². The fraction of sp³-hybridized carbons (Fsp3) is 0. The predicted molar refractivity (Wildman–Crippen MR) is 66.5 cm³/mol. The Morgan fingerprint density at radius 2 is 2.06 bits per heavy atom. The Morgan fingerprint density at radius 3 is 2.76 bits per heavy atom. The lowest BCUT2D eigenvalue weighted by Crippen LogP contribution is -2.03. The smallest absolute Gasteiger partial charge is 0.335 e. The van der Waals surface area contributed by atoms with Gasteiger partial charge in [0.25, 0.3) is 0 Å². The number of halogens is 1. The fourth-order valence-electron chi connectivity index (χ4n) is 1.52. The number of hydrogen-bond acceptors (Lipinski definition) is 3. The van der Waals surface area contributed by atoms with Crippen molar-refractivity contribution >= 4 is 28.3 Å². The van der Waals surface area contributed by atoms with Crippen LogP contribution in [0.1, 0.15) is 0 Å². The Balaban J connectivity index is 2.63. The lowest BCUT2D eigenvalue weighted by Gasteiger charge is -2.07. The Hall–Kier alpha value is -2.00. The summed E-state index contributed by atoms with van der Waals surface area (Å²) in [4.78, 5) is 11.2. The average molecular weight is 249 g/mol. The molecule has 0 fully saturated rings. The van der Waals surface area contributed by atoms with E-state index in [0.29, 0.717) is 21.5 Å². The van der Waals surface area contributed by atoms with Crippen LogP contribution in [0.4, 0.5) is 0 Å². The molecule has 2 aromatic rings. The van der Waals surface area contributed by atoms with E-state index in [1.807, 2.05) is 0 Å². The minimum absolute atomic E-state index is 0.107. The number of esters is 1. The molecule has 0 saturated carbocycles. The van der Waals surface area contributed by atoms with Crippen molar-refractivity contribution in [3.8, 4) is 11.5 Å². The molecule has 1 N–H and O–H groups in total. The second kappa shape index (κ2) is 4.47. The van der Waals surface area contributed by atoms with E-state index in [2.05, 4.69) is 6.58 Å². The van der Waals surface area contributed by atoms with Crippen molar-refractivity contribution in [2.45, 2.75) is 0 Å². The van der Waals surface area contributed by atoms with Gasteiger partial charge >= 0.3 is 5.97 Å². The van der Waals surface area contributed by atoms with E-state index < -0.39 is 5.97 Å². The third-order valence-corrected chi connectivity index (χ3v) is 2.53. The maximum atomic E-state index is 11.2. The lowest BCUT2D eigenvalue weighted by atomic mass is 10.1. The van der Waals surface area contributed by atoms with Crippen molar-refractivity contribution in [2.24, 2.45) is 0 Å². The van der Waals surface area contributed by atoms with Gasteiger partial charge in [0, 0.05) is 21.9 Å². The van der Waals surface area contributed by atoms with Crippen LogP contribution >= 0.6 is 11.6 Å². The minimum atomic E-state index is -0.558. The van der Waals surface area contributed by atoms with Crippen LogP contribution < -0.4 is 4.74 Å². The van der Waals surface area contributed by atoms with Crippen LogP contribution in [0, 0.1) is 0 Å². The van der Waals surface area contributed by atoms with Crippen LogP contribution in [-0.2, 0) is 4.79 Å². The molecular weight excluding hydrogens is 240 g/mol. The Kier molecular flexibility index (Phi) is 3.02. The quantitative estimate of drug-likeness (QED) is 0.504. The van der Waals surface area contributed by atoms with Gasteiger partial charge in [0.1, 0.15) is 11.5 Å². The van der Waals surface area contributed by atoms with E-state index in [4.69, 9.17) is 16.3 Å². The summed E-state index contributed by atoms with van der Waals surface area (Å²) in [5, 5.41) is 11.3. The zero-order chi connectivity index (χ0) is 12.4. The largest absolute Gasteiger partial charge is 0.507 e. The molecule has 0 spiro atoms. The summed E-state index contributed by atoms with van der Waals surface area (Å²) in [6.07, 6.45) is 1.07. The van der Waals surface area contributed by atoms with Crippen molar-refractivity contribution in [1.29, 1.82) is 0 Å². The molecule has 0 radical (unpaired) electrons. The number of hydrogen-bond donors (Lipinski definition) is 1. The lowest BCUT2D eigenvalue weighted by molar-refractivity contribution is -0.128. The molecule has 86 valence electrons. The van der Waals surface area contributed by atoms with Crippen LogP contribution in [0.2, 0.25) is 5.02 Å². The van der Waals surface area contributed by atoms with Crippen LogP contribution in [-0.4, -0.2) is 11.1 Å². The normalized spacial score (nSPS) is 10.2. The Bertz CT molecular complexity index is 605. The molecule has 0 aliphatic carbocycles. The van der Waals surface area contributed by atoms with E-state index in [0.717, 1.165) is 6.08 Å². The summed E-state index contributed by atoms with van der Waals surface area (Å²) in [5.41, 5.74) is 0. The molecule has 0 aliphatic heterocycles. The molecule has 0 bridgehead atoms. The van der Waals surface area contributed by atoms with Crippen LogP contribution in [0.3, 0.4) is 0 Å². The SMILES string of the molecule is C=CC(=O)Oc1ccc(O)c2ccc(Cl)cc12. The molecular formula is C13H9ClO3. The molecule has 0 saturated heterocycles. The number of benzene rings is 2. The van der Waals surface area contributed by atoms with E-state index >= 15 is 0 Å². The molecule has 0 amide bonds. The number of fused-ring (bicyclic) bond motifs is 1. The zero-order valence-corrected chi connectivity index (χ0v) is 9.57. The summed E-state index contributed by atoms with van der Waals surface area (Å²) < 4.78 is 5.06. The van der Waals surface area contributed by atoms with Crippen LogP contribution in [0.15, 0.2) is 43.0 Å². The van der Waals surface area contributed by atoms with Gasteiger partial charge in [0.2, 0.25) is 0 Å². The molecule has 0 heterocycles. The third-order valence-electron chi connectivity index (χ3n) is 2.29. The van der Waals surface area contributed by atoms with E-state index in [-0.39, 0.29) is 5.75 Å². The van der Waals surface area contributed by atoms with Crippen molar-refractivity contribution < 1.29 is 14.6 Å². The van der Waals surface area contributed by atoms with Gasteiger partial charge in [-0.25, -0.2) is 4.79 Å². The van der Waals surface area contributed by atoms with E-state index in [1.165, 1.54) is 12.1 Å². The second-order valence-corrected chi connectivity index (χ2v) is 3.83. The number of aromatic hydroxyl groups is 1. The number of rotatable bonds is 2. The molecule has 4 heteroatoms. The molecule has 2 rings (SSSR count). The van der Waals surface area contributed by atoms with Crippen molar-refractivity contribution in [1.82, 2.24) is 0 Å². The zero-order valence-electron chi connectivity index (χ0n) is 8.81. The summed E-state index contributed by atoms with van der Waals surface area (Å²) >= 11 is 5.87. The van der Waals surface area contributed by atoms with Crippen molar-refractivity contribution in [2.75, 3.05) is 0 Å². The first-order valence-electron chi connectivity index (χ1n) is 4.87. The predicted octanol–water partition coefficient (Wildman–Crippen LogP) is 3.29. The summed E-state index contributed by atoms with van der Waals surface area (Å²) in [6.45, 7) is 3.32. The van der Waals surface area contributed by atoms with Crippen molar-refractivity contribution in [3.05, 3.63) is 48.0 Å². The van der Waals surface area contributed by atoms with Gasteiger partial charge in [-0.15, -0.1) is 0 Å². The number of carbonyl (C=O) groups excluding carboxylic acids is 1. The summed E-state index contributed by atoms with van der Waals surface area (Å²) in [5.74, 6) is -0.114. The molecule has 0 atom stereocenters. The van der Waals surface area contributed by atoms with Gasteiger partial charge in [-0.3, -0.25) is 0 Å². The Morgan fingerprint density at radius 1 is 1.29 bits per heavy atom. The monoisotopic (exact) mass is 248 g/mol. The first kappa shape index (κ1) is 11.5. The summed E-state index contributed by atoms with van der Waals surface area (Å²) in [7, 11) is 0. The molecule has 17 heavy (non-hydrogen) atoms. The highest BCUT2D eigenvalue weighted by Crippen LogP contribution is 2.34. The molecule has 0 aromatic heterocycles. The topological polar surface area (TPSA) is 46.5 Å². The molecule has 2 aromatic carbocycles. The second-order valence-electron chi connectivity index (χ2n) is 3.40. The number of carbonyl (C=O) groups is 1. The molecule has 0 unspecified atom stereocenters. The third kappa shape index (κ3) is 2.24. The maximum Gasteiger partial charge on any atom is 0.335 e. The Labute approximate surface area is 103 Å². The van der Waals surface area contributed by atoms with Gasteiger partial charge < -0.3 is 9.84 Å². The highest BCUT2D eigenvalue weighted by molar-refractivity contribution is 6.31. The van der Waals surface area contributed by atoms with Gasteiger partial charge in [0.05, 0.1) is 0 Å². The van der Waals surface area contributed by atoms with E-state index in [9.17, 15) is 9.90 Å². The van der Waals surface area contributed by atoms with Gasteiger partial charge in [-0.05, 0) is 30.3 Å². The molecule has 3 nitrogen and oxygen atoms in total. The van der Waals surface area contributed by atoms with E-state index in [1.54, 1.807) is 18.2 Å². The maximum absolute atomic E-state index is 11.2. The fourth-order valence-corrected chi connectivity index (χ4v) is 1.69. The van der Waals surface area contributed by atoms with Gasteiger partial charge in [0.15, 0.2) is 0 Å². The minimum Gasteiger partial charge on any atom is -0.507 e. The average Bonchev–Trinajstić information content (AvgIpc) is 2.32. The highest BCUT2D eigenvalue weighted by Gasteiger charge is 2.09. The van der Waals surface area contributed by atoms with Crippen LogP contribution in [0.25, 0.3) is 10.8 Å². The standard InChI is InChI=1S/C13H9ClO3/c1-2-13(16)17-12-6-5-11(15)9-4-3-8(14)7-10(9)12/h2-7,15H,1H2. The van der Waals surface area contributed by atoms with Gasteiger partial charge in [-0.2, -0.15) is 0 Å². The van der Waals surface area contributed by atoms with Crippen LogP contribution in [0.5, 0.6) is 11.5 Å². The summed E-state index contributed by atoms with van der Waals surface area (Å²) in [6, 6.07) is 7.92. The number of phenols is 1. The number of ether oxygens (including phenoxy) is 1.